The number of benzene rings is 1. The first-order valence-electron chi connectivity index (χ1n) is 8.14. The van der Waals surface area contributed by atoms with Gasteiger partial charge in [0.25, 0.3) is 0 Å². The Balaban J connectivity index is 2.13. The molecule has 1 aliphatic heterocycles. The number of aliphatic imine (C=N–C) groups is 1. The number of nitrogens with zero attached hydrogens (tertiary/aromatic N) is 2. The minimum absolute atomic E-state index is 0.0612. The van der Waals surface area contributed by atoms with E-state index in [0.717, 1.165) is 32.1 Å². The maximum atomic E-state index is 4.92. The van der Waals surface area contributed by atoms with Gasteiger partial charge in [-0.1, -0.05) is 38.1 Å². The van der Waals surface area contributed by atoms with Crippen molar-refractivity contribution in [1.82, 2.24) is 10.2 Å². The lowest BCUT2D eigenvalue weighted by Gasteiger charge is -2.27. The molecule has 0 unspecified atom stereocenters. The molecule has 0 radical (unpaired) electrons. The van der Waals surface area contributed by atoms with Crippen molar-refractivity contribution in [2.75, 3.05) is 26.2 Å². The molecule has 1 heterocycles. The maximum absolute atomic E-state index is 4.92. The average Bonchev–Trinajstić information content (AvgIpc) is 2.97. The van der Waals surface area contributed by atoms with Crippen LogP contribution in [0.3, 0.4) is 0 Å². The van der Waals surface area contributed by atoms with Gasteiger partial charge in [-0.2, -0.15) is 0 Å². The van der Waals surface area contributed by atoms with Gasteiger partial charge < -0.3 is 10.2 Å². The number of guanidine groups is 1. The van der Waals surface area contributed by atoms with Gasteiger partial charge in [-0.05, 0) is 37.8 Å². The van der Waals surface area contributed by atoms with Crippen LogP contribution in [-0.4, -0.2) is 37.0 Å². The Bertz CT molecular complexity index is 485. The Morgan fingerprint density at radius 2 is 1.90 bits per heavy atom. The van der Waals surface area contributed by atoms with E-state index in [9.17, 15) is 0 Å². The molecule has 0 aromatic heterocycles. The van der Waals surface area contributed by atoms with Crippen LogP contribution in [0.1, 0.15) is 44.7 Å². The van der Waals surface area contributed by atoms with E-state index in [1.54, 1.807) is 0 Å². The lowest BCUT2D eigenvalue weighted by molar-refractivity contribution is 0.479. The zero-order valence-corrected chi connectivity index (χ0v) is 13.9. The van der Waals surface area contributed by atoms with Gasteiger partial charge in [-0.25, -0.2) is 0 Å². The summed E-state index contributed by atoms with van der Waals surface area (Å²) >= 11 is 0. The third kappa shape index (κ3) is 3.99. The molecule has 3 nitrogen and oxygen atoms in total. The molecule has 1 saturated heterocycles. The van der Waals surface area contributed by atoms with Crippen molar-refractivity contribution >= 4 is 5.96 Å². The number of hydrogen-bond donors (Lipinski definition) is 1. The fourth-order valence-corrected chi connectivity index (χ4v) is 3.04. The van der Waals surface area contributed by atoms with Gasteiger partial charge in [0.15, 0.2) is 5.96 Å². The summed E-state index contributed by atoms with van der Waals surface area (Å²) in [5.41, 5.74) is 2.81. The maximum Gasteiger partial charge on any atom is 0.193 e. The predicted molar refractivity (Wildman–Crippen MR) is 91.0 cm³/mol. The van der Waals surface area contributed by atoms with Crippen molar-refractivity contribution in [1.29, 1.82) is 0 Å². The van der Waals surface area contributed by atoms with Gasteiger partial charge in [-0.15, -0.1) is 0 Å². The molecule has 3 heteroatoms. The van der Waals surface area contributed by atoms with E-state index in [-0.39, 0.29) is 5.41 Å². The molecular formula is C18H29N3. The lowest BCUT2D eigenvalue weighted by Crippen LogP contribution is -2.40. The molecule has 0 aliphatic carbocycles. The van der Waals surface area contributed by atoms with Gasteiger partial charge in [0, 0.05) is 25.0 Å². The second kappa shape index (κ2) is 6.97. The Hall–Kier alpha value is -1.51. The van der Waals surface area contributed by atoms with Crippen LogP contribution in [0.4, 0.5) is 0 Å². The molecule has 1 fully saturated rings. The van der Waals surface area contributed by atoms with Crippen molar-refractivity contribution < 1.29 is 0 Å². The summed E-state index contributed by atoms with van der Waals surface area (Å²) in [6.45, 7) is 12.9. The Labute approximate surface area is 129 Å². The molecule has 0 spiro atoms. The summed E-state index contributed by atoms with van der Waals surface area (Å²) in [6.07, 6.45) is 2.57. The summed E-state index contributed by atoms with van der Waals surface area (Å²) in [6, 6.07) is 8.64. The summed E-state index contributed by atoms with van der Waals surface area (Å²) in [5, 5.41) is 3.44. The van der Waals surface area contributed by atoms with E-state index in [1.165, 1.54) is 24.0 Å². The number of nitrogens with one attached hydrogen (secondary N) is 1. The van der Waals surface area contributed by atoms with Crippen LogP contribution in [0, 0.1) is 6.92 Å². The lowest BCUT2D eigenvalue weighted by atomic mass is 9.82. The zero-order chi connectivity index (χ0) is 15.3. The smallest absolute Gasteiger partial charge is 0.193 e. The fourth-order valence-electron chi connectivity index (χ4n) is 3.04. The summed E-state index contributed by atoms with van der Waals surface area (Å²) in [4.78, 5) is 7.30. The minimum atomic E-state index is 0.0612. The van der Waals surface area contributed by atoms with Crippen LogP contribution < -0.4 is 5.32 Å². The first-order valence-corrected chi connectivity index (χ1v) is 8.14. The van der Waals surface area contributed by atoms with Crippen LogP contribution in [-0.2, 0) is 5.41 Å². The first-order chi connectivity index (χ1) is 10.0. The van der Waals surface area contributed by atoms with Gasteiger partial charge in [0.2, 0.25) is 0 Å². The van der Waals surface area contributed by atoms with Crippen LogP contribution >= 0.6 is 0 Å². The number of aryl methyl sites for hydroxylation is 1. The number of rotatable bonds is 4. The quantitative estimate of drug-likeness (QED) is 0.679. The number of likely N-dealkylation sites (tertiary alicyclic amines) is 1. The fraction of sp³-hybridized carbons (Fsp3) is 0.611. The van der Waals surface area contributed by atoms with E-state index >= 15 is 0 Å². The molecule has 1 aromatic carbocycles. The van der Waals surface area contributed by atoms with Crippen molar-refractivity contribution in [2.45, 2.75) is 46.0 Å². The minimum Gasteiger partial charge on any atom is -0.357 e. The molecule has 0 atom stereocenters. The van der Waals surface area contributed by atoms with Crippen molar-refractivity contribution in [3.05, 3.63) is 35.4 Å². The molecule has 1 aliphatic rings. The standard InChI is InChI=1S/C18H29N3/c1-5-19-17(21-12-8-9-13-21)20-14-18(3,4)16-11-7-6-10-15(16)2/h6-7,10-11H,5,8-9,12-14H2,1-4H3,(H,19,20). The SMILES string of the molecule is CCNC(=NCC(C)(C)c1ccccc1C)N1CCCC1. The van der Waals surface area contributed by atoms with Gasteiger partial charge in [0.05, 0.1) is 6.54 Å². The third-order valence-electron chi connectivity index (χ3n) is 4.24. The highest BCUT2D eigenvalue weighted by Crippen LogP contribution is 2.26. The molecule has 0 saturated carbocycles. The molecule has 2 rings (SSSR count). The van der Waals surface area contributed by atoms with Crippen LogP contribution in [0.15, 0.2) is 29.3 Å². The van der Waals surface area contributed by atoms with E-state index in [2.05, 4.69) is 62.2 Å². The average molecular weight is 287 g/mol. The second-order valence-electron chi connectivity index (χ2n) is 6.56. The summed E-state index contributed by atoms with van der Waals surface area (Å²) < 4.78 is 0. The highest BCUT2D eigenvalue weighted by molar-refractivity contribution is 5.80. The topological polar surface area (TPSA) is 27.6 Å². The predicted octanol–water partition coefficient (Wildman–Crippen LogP) is 3.33. The van der Waals surface area contributed by atoms with Crippen molar-refractivity contribution in [3.63, 3.8) is 0 Å². The normalized spacial score (nSPS) is 16.4. The van der Waals surface area contributed by atoms with E-state index in [4.69, 9.17) is 4.99 Å². The van der Waals surface area contributed by atoms with Crippen molar-refractivity contribution in [3.8, 4) is 0 Å². The first kappa shape index (κ1) is 15.9. The van der Waals surface area contributed by atoms with Gasteiger partial charge in [-0.3, -0.25) is 4.99 Å². The van der Waals surface area contributed by atoms with Crippen LogP contribution in [0.25, 0.3) is 0 Å². The summed E-state index contributed by atoms with van der Waals surface area (Å²) in [5.74, 6) is 1.08. The molecule has 1 N–H and O–H groups in total. The highest BCUT2D eigenvalue weighted by atomic mass is 15.3. The van der Waals surface area contributed by atoms with Crippen LogP contribution in [0.5, 0.6) is 0 Å². The monoisotopic (exact) mass is 287 g/mol. The molecule has 0 bridgehead atoms. The second-order valence-corrected chi connectivity index (χ2v) is 6.56. The Morgan fingerprint density at radius 3 is 2.52 bits per heavy atom. The molecule has 21 heavy (non-hydrogen) atoms. The van der Waals surface area contributed by atoms with E-state index in [0.29, 0.717) is 0 Å². The Kier molecular flexibility index (Phi) is 5.27. The highest BCUT2D eigenvalue weighted by Gasteiger charge is 2.23. The molecule has 0 amide bonds. The summed E-state index contributed by atoms with van der Waals surface area (Å²) in [7, 11) is 0. The number of hydrogen-bond acceptors (Lipinski definition) is 1. The van der Waals surface area contributed by atoms with Crippen LogP contribution in [0.2, 0.25) is 0 Å². The molecular weight excluding hydrogens is 258 g/mol. The molecule has 116 valence electrons. The third-order valence-corrected chi connectivity index (χ3v) is 4.24. The largest absolute Gasteiger partial charge is 0.357 e. The molecule has 1 aromatic rings. The van der Waals surface area contributed by atoms with Gasteiger partial charge >= 0.3 is 0 Å². The van der Waals surface area contributed by atoms with E-state index in [1.807, 2.05) is 0 Å². The van der Waals surface area contributed by atoms with Gasteiger partial charge in [0.1, 0.15) is 0 Å². The van der Waals surface area contributed by atoms with E-state index < -0.39 is 0 Å². The Morgan fingerprint density at radius 1 is 1.24 bits per heavy atom. The zero-order valence-electron chi connectivity index (χ0n) is 13.9. The van der Waals surface area contributed by atoms with Crippen molar-refractivity contribution in [2.24, 2.45) is 4.99 Å².